The zero-order valence-corrected chi connectivity index (χ0v) is 8.12. The summed E-state index contributed by atoms with van der Waals surface area (Å²) in [6.45, 7) is 2.00. The van der Waals surface area contributed by atoms with E-state index in [4.69, 9.17) is 11.1 Å². The molecule has 1 rings (SSSR count). The van der Waals surface area contributed by atoms with Crippen molar-refractivity contribution in [3.05, 3.63) is 29.6 Å². The van der Waals surface area contributed by atoms with Crippen LogP contribution < -0.4 is 5.73 Å². The molecular weight excluding hydrogens is 187 g/mol. The lowest BCUT2D eigenvalue weighted by atomic mass is 10.2. The van der Waals surface area contributed by atoms with Crippen LogP contribution in [0.25, 0.3) is 0 Å². The van der Waals surface area contributed by atoms with E-state index in [0.717, 1.165) is 10.6 Å². The van der Waals surface area contributed by atoms with Crippen LogP contribution >= 0.6 is 11.8 Å². The van der Waals surface area contributed by atoms with Crippen molar-refractivity contribution in [1.29, 1.82) is 5.41 Å². The molecule has 0 saturated heterocycles. The highest BCUT2D eigenvalue weighted by Crippen LogP contribution is 2.22. The van der Waals surface area contributed by atoms with Gasteiger partial charge in [0.1, 0.15) is 11.7 Å². The maximum atomic E-state index is 12.8. The first-order chi connectivity index (χ1) is 6.15. The van der Waals surface area contributed by atoms with Gasteiger partial charge in [-0.3, -0.25) is 5.41 Å². The SMILES string of the molecule is CCSc1ccc(F)cc1C(=N)N. The molecule has 0 radical (unpaired) electrons. The van der Waals surface area contributed by atoms with Gasteiger partial charge in [-0.1, -0.05) is 6.92 Å². The highest BCUT2D eigenvalue weighted by atomic mass is 32.2. The van der Waals surface area contributed by atoms with E-state index in [-0.39, 0.29) is 11.7 Å². The fourth-order valence-corrected chi connectivity index (χ4v) is 1.79. The first kappa shape index (κ1) is 10.1. The van der Waals surface area contributed by atoms with E-state index < -0.39 is 0 Å². The quantitative estimate of drug-likeness (QED) is 0.444. The number of hydrogen-bond donors (Lipinski definition) is 2. The second kappa shape index (κ2) is 4.28. The van der Waals surface area contributed by atoms with Crippen molar-refractivity contribution < 1.29 is 4.39 Å². The van der Waals surface area contributed by atoms with Gasteiger partial charge in [0.05, 0.1) is 0 Å². The van der Waals surface area contributed by atoms with Gasteiger partial charge in [0.25, 0.3) is 0 Å². The Morgan fingerprint density at radius 1 is 1.62 bits per heavy atom. The van der Waals surface area contributed by atoms with Crippen LogP contribution in [0, 0.1) is 11.2 Å². The Morgan fingerprint density at radius 3 is 2.85 bits per heavy atom. The van der Waals surface area contributed by atoms with E-state index in [2.05, 4.69) is 0 Å². The molecule has 2 nitrogen and oxygen atoms in total. The Balaban J connectivity index is 3.10. The molecule has 0 aliphatic carbocycles. The van der Waals surface area contributed by atoms with E-state index >= 15 is 0 Å². The van der Waals surface area contributed by atoms with E-state index in [1.807, 2.05) is 6.92 Å². The van der Waals surface area contributed by atoms with Crippen molar-refractivity contribution in [2.24, 2.45) is 5.73 Å². The molecule has 1 aromatic rings. The molecule has 0 aliphatic rings. The van der Waals surface area contributed by atoms with Crippen LogP contribution in [0.4, 0.5) is 4.39 Å². The van der Waals surface area contributed by atoms with Gasteiger partial charge in [-0.15, -0.1) is 11.8 Å². The van der Waals surface area contributed by atoms with Gasteiger partial charge in [-0.2, -0.15) is 0 Å². The normalized spacial score (nSPS) is 10.0. The molecule has 0 unspecified atom stereocenters. The maximum Gasteiger partial charge on any atom is 0.124 e. The first-order valence-corrected chi connectivity index (χ1v) is 4.90. The highest BCUT2D eigenvalue weighted by molar-refractivity contribution is 7.99. The lowest BCUT2D eigenvalue weighted by Crippen LogP contribution is -2.12. The topological polar surface area (TPSA) is 49.9 Å². The average Bonchev–Trinajstić information content (AvgIpc) is 2.08. The van der Waals surface area contributed by atoms with Crippen LogP contribution in [-0.2, 0) is 0 Å². The number of nitrogens with two attached hydrogens (primary N) is 1. The second-order valence-corrected chi connectivity index (χ2v) is 3.79. The Labute approximate surface area is 80.8 Å². The van der Waals surface area contributed by atoms with Crippen LogP contribution in [0.5, 0.6) is 0 Å². The van der Waals surface area contributed by atoms with Crippen LogP contribution in [0.15, 0.2) is 23.1 Å². The summed E-state index contributed by atoms with van der Waals surface area (Å²) in [7, 11) is 0. The van der Waals surface area contributed by atoms with E-state index in [1.54, 1.807) is 17.8 Å². The Hall–Kier alpha value is -1.03. The minimum absolute atomic E-state index is 0.0875. The van der Waals surface area contributed by atoms with Gasteiger partial charge in [0.15, 0.2) is 0 Å². The number of nitrogens with one attached hydrogen (secondary N) is 1. The van der Waals surface area contributed by atoms with Crippen molar-refractivity contribution in [1.82, 2.24) is 0 Å². The third-order valence-corrected chi connectivity index (χ3v) is 2.49. The molecule has 0 amide bonds. The maximum absolute atomic E-state index is 12.8. The first-order valence-electron chi connectivity index (χ1n) is 3.92. The molecule has 0 spiro atoms. The number of benzene rings is 1. The minimum Gasteiger partial charge on any atom is -0.384 e. The van der Waals surface area contributed by atoms with Gasteiger partial charge < -0.3 is 5.73 Å². The number of nitrogen functional groups attached to an aromatic ring is 1. The smallest absolute Gasteiger partial charge is 0.124 e. The van der Waals surface area contributed by atoms with Crippen LogP contribution in [0.3, 0.4) is 0 Å². The van der Waals surface area contributed by atoms with Crippen molar-refractivity contribution >= 4 is 17.6 Å². The van der Waals surface area contributed by atoms with E-state index in [9.17, 15) is 4.39 Å². The summed E-state index contributed by atoms with van der Waals surface area (Å²) in [6.07, 6.45) is 0. The summed E-state index contributed by atoms with van der Waals surface area (Å²) in [5.74, 6) is 0.437. The zero-order chi connectivity index (χ0) is 9.84. The molecule has 3 N–H and O–H groups in total. The lowest BCUT2D eigenvalue weighted by Gasteiger charge is -2.05. The van der Waals surface area contributed by atoms with Gasteiger partial charge in [0.2, 0.25) is 0 Å². The summed E-state index contributed by atoms with van der Waals surface area (Å²) >= 11 is 1.55. The van der Waals surface area contributed by atoms with Crippen molar-refractivity contribution in [3.8, 4) is 0 Å². The number of rotatable bonds is 3. The number of hydrogen-bond acceptors (Lipinski definition) is 2. The molecule has 0 heterocycles. The summed E-state index contributed by atoms with van der Waals surface area (Å²) in [5.41, 5.74) is 5.80. The molecule has 0 atom stereocenters. The summed E-state index contributed by atoms with van der Waals surface area (Å²) in [4.78, 5) is 0.858. The van der Waals surface area contributed by atoms with Crippen LogP contribution in [0.1, 0.15) is 12.5 Å². The molecule has 1 aromatic carbocycles. The predicted octanol–water partition coefficient (Wildman–Crippen LogP) is 2.22. The molecule has 0 aliphatic heterocycles. The van der Waals surface area contributed by atoms with Gasteiger partial charge in [-0.25, -0.2) is 4.39 Å². The van der Waals surface area contributed by atoms with Crippen LogP contribution in [-0.4, -0.2) is 11.6 Å². The van der Waals surface area contributed by atoms with Gasteiger partial charge in [-0.05, 0) is 24.0 Å². The molecule has 70 valence electrons. The van der Waals surface area contributed by atoms with Crippen molar-refractivity contribution in [3.63, 3.8) is 0 Å². The monoisotopic (exact) mass is 198 g/mol. The van der Waals surface area contributed by atoms with Crippen LogP contribution in [0.2, 0.25) is 0 Å². The number of halogens is 1. The lowest BCUT2D eigenvalue weighted by molar-refractivity contribution is 0.626. The zero-order valence-electron chi connectivity index (χ0n) is 7.30. The Bertz CT molecular complexity index is 325. The molecule has 4 heteroatoms. The highest BCUT2D eigenvalue weighted by Gasteiger charge is 2.06. The van der Waals surface area contributed by atoms with Crippen molar-refractivity contribution in [2.75, 3.05) is 5.75 Å². The molecular formula is C9H11FN2S. The van der Waals surface area contributed by atoms with E-state index in [1.165, 1.54) is 12.1 Å². The number of thioether (sulfide) groups is 1. The largest absolute Gasteiger partial charge is 0.384 e. The van der Waals surface area contributed by atoms with E-state index in [0.29, 0.717) is 5.56 Å². The third-order valence-electron chi connectivity index (χ3n) is 1.53. The summed E-state index contributed by atoms with van der Waals surface area (Å²) in [6, 6.07) is 4.32. The summed E-state index contributed by atoms with van der Waals surface area (Å²) in [5, 5.41) is 7.25. The molecule has 0 fully saturated rings. The van der Waals surface area contributed by atoms with Crippen molar-refractivity contribution in [2.45, 2.75) is 11.8 Å². The van der Waals surface area contributed by atoms with Gasteiger partial charge >= 0.3 is 0 Å². The average molecular weight is 198 g/mol. The molecule has 13 heavy (non-hydrogen) atoms. The predicted molar refractivity (Wildman–Crippen MR) is 53.8 cm³/mol. The number of amidine groups is 1. The standard InChI is InChI=1S/C9H11FN2S/c1-2-13-8-4-3-6(10)5-7(8)9(11)12/h3-5H,2H2,1H3,(H3,11,12). The third kappa shape index (κ3) is 2.45. The summed E-state index contributed by atoms with van der Waals surface area (Å²) < 4.78 is 12.8. The molecule has 0 bridgehead atoms. The second-order valence-electron chi connectivity index (χ2n) is 2.49. The van der Waals surface area contributed by atoms with Gasteiger partial charge in [0, 0.05) is 10.5 Å². The molecule has 0 aromatic heterocycles. The fraction of sp³-hybridized carbons (Fsp3) is 0.222. The molecule has 0 saturated carbocycles. The Kier molecular flexibility index (Phi) is 3.31. The Morgan fingerprint density at radius 2 is 2.31 bits per heavy atom. The fourth-order valence-electron chi connectivity index (χ4n) is 0.994. The minimum atomic E-state index is -0.356.